The van der Waals surface area contributed by atoms with Crippen LogP contribution in [0.3, 0.4) is 0 Å². The molecule has 2 aliphatic rings. The molecular weight excluding hydrogens is 296 g/mol. The van der Waals surface area contributed by atoms with E-state index < -0.39 is 0 Å². The largest absolute Gasteiger partial charge is 0.374 e. The van der Waals surface area contributed by atoms with Crippen LogP contribution in [0.25, 0.3) is 0 Å². The Labute approximate surface area is 136 Å². The first-order valence-corrected chi connectivity index (χ1v) is 8.44. The molecule has 4 atom stereocenters. The normalized spacial score (nSPS) is 28.4. The molecule has 2 fully saturated rings. The zero-order valence-electron chi connectivity index (χ0n) is 14.1. The van der Waals surface area contributed by atoms with Crippen molar-refractivity contribution in [2.75, 3.05) is 14.2 Å². The van der Waals surface area contributed by atoms with Gasteiger partial charge in [-0.25, -0.2) is 0 Å². The third-order valence-electron chi connectivity index (χ3n) is 5.11. The molecule has 2 heterocycles. The summed E-state index contributed by atoms with van der Waals surface area (Å²) in [7, 11) is 3.39. The van der Waals surface area contributed by atoms with Gasteiger partial charge in [-0.2, -0.15) is 4.98 Å². The van der Waals surface area contributed by atoms with E-state index in [1.54, 1.807) is 19.1 Å². The number of fused-ring (bicyclic) bond motifs is 1. The first-order valence-electron chi connectivity index (χ1n) is 8.44. The SMILES string of the molecule is COC(C)c1noc(CN(C)C(=O)C2CC3CCCCC3N2)n1. The Balaban J connectivity index is 1.56. The average Bonchev–Trinajstić information content (AvgIpc) is 3.19. The van der Waals surface area contributed by atoms with Gasteiger partial charge in [0, 0.05) is 20.2 Å². The lowest BCUT2D eigenvalue weighted by Gasteiger charge is -2.24. The molecule has 1 saturated carbocycles. The number of nitrogens with zero attached hydrogens (tertiary/aromatic N) is 3. The van der Waals surface area contributed by atoms with Gasteiger partial charge in [0.2, 0.25) is 11.8 Å². The number of nitrogens with one attached hydrogen (secondary N) is 1. The third-order valence-corrected chi connectivity index (χ3v) is 5.11. The van der Waals surface area contributed by atoms with Crippen molar-refractivity contribution in [3.05, 3.63) is 11.7 Å². The van der Waals surface area contributed by atoms with Crippen LogP contribution in [0.2, 0.25) is 0 Å². The van der Waals surface area contributed by atoms with Crippen molar-refractivity contribution in [2.45, 2.75) is 63.8 Å². The highest BCUT2D eigenvalue weighted by atomic mass is 16.5. The van der Waals surface area contributed by atoms with Gasteiger partial charge in [0.1, 0.15) is 6.10 Å². The van der Waals surface area contributed by atoms with Crippen LogP contribution in [0.5, 0.6) is 0 Å². The van der Waals surface area contributed by atoms with Gasteiger partial charge in [0.25, 0.3) is 0 Å². The molecule has 0 aromatic carbocycles. The number of hydrogen-bond donors (Lipinski definition) is 1. The summed E-state index contributed by atoms with van der Waals surface area (Å²) in [6.45, 7) is 2.18. The van der Waals surface area contributed by atoms with Crippen LogP contribution in [-0.4, -0.2) is 47.2 Å². The van der Waals surface area contributed by atoms with Gasteiger partial charge >= 0.3 is 0 Å². The fraction of sp³-hybridized carbons (Fsp3) is 0.812. The molecule has 1 aromatic rings. The Morgan fingerprint density at radius 2 is 2.26 bits per heavy atom. The number of rotatable bonds is 5. The lowest BCUT2D eigenvalue weighted by Crippen LogP contribution is -2.43. The molecule has 128 valence electrons. The minimum Gasteiger partial charge on any atom is -0.374 e. The highest BCUT2D eigenvalue weighted by molar-refractivity contribution is 5.82. The summed E-state index contributed by atoms with van der Waals surface area (Å²) in [5.41, 5.74) is 0. The van der Waals surface area contributed by atoms with Gasteiger partial charge in [-0.05, 0) is 32.1 Å². The molecule has 7 nitrogen and oxygen atoms in total. The standard InChI is InChI=1S/C16H26N4O3/c1-10(22-3)15-18-14(23-19-15)9-20(2)16(21)13-8-11-6-4-5-7-12(11)17-13/h10-13,17H,4-9H2,1-3H3. The quantitative estimate of drug-likeness (QED) is 0.888. The van der Waals surface area contributed by atoms with Crippen LogP contribution >= 0.6 is 0 Å². The van der Waals surface area contributed by atoms with Crippen molar-refractivity contribution in [2.24, 2.45) is 5.92 Å². The Hall–Kier alpha value is -1.47. The van der Waals surface area contributed by atoms with Crippen LogP contribution < -0.4 is 5.32 Å². The number of carbonyl (C=O) groups excluding carboxylic acids is 1. The summed E-state index contributed by atoms with van der Waals surface area (Å²) < 4.78 is 10.4. The summed E-state index contributed by atoms with van der Waals surface area (Å²) >= 11 is 0. The second-order valence-corrected chi connectivity index (χ2v) is 6.72. The predicted octanol–water partition coefficient (Wildman–Crippen LogP) is 1.66. The number of likely N-dealkylation sites (N-methyl/N-ethyl adjacent to an activating group) is 1. The Bertz CT molecular complexity index is 533. The Morgan fingerprint density at radius 3 is 3.00 bits per heavy atom. The van der Waals surface area contributed by atoms with Crippen molar-refractivity contribution in [3.8, 4) is 0 Å². The Kier molecular flexibility index (Phi) is 4.96. The highest BCUT2D eigenvalue weighted by Gasteiger charge is 2.39. The van der Waals surface area contributed by atoms with Crippen LogP contribution in [0, 0.1) is 5.92 Å². The molecule has 1 saturated heterocycles. The zero-order valence-corrected chi connectivity index (χ0v) is 14.1. The molecule has 23 heavy (non-hydrogen) atoms. The van der Waals surface area contributed by atoms with Crippen LogP contribution in [0.4, 0.5) is 0 Å². The van der Waals surface area contributed by atoms with E-state index in [1.165, 1.54) is 25.7 Å². The molecule has 0 bridgehead atoms. The van der Waals surface area contributed by atoms with Gasteiger partial charge in [-0.3, -0.25) is 4.79 Å². The van der Waals surface area contributed by atoms with E-state index >= 15 is 0 Å². The summed E-state index contributed by atoms with van der Waals surface area (Å²) in [5, 5.41) is 7.41. The summed E-state index contributed by atoms with van der Waals surface area (Å²) in [6.07, 6.45) is 5.74. The maximum Gasteiger partial charge on any atom is 0.246 e. The molecule has 1 N–H and O–H groups in total. The predicted molar refractivity (Wildman–Crippen MR) is 83.5 cm³/mol. The van der Waals surface area contributed by atoms with Crippen molar-refractivity contribution >= 4 is 5.91 Å². The lowest BCUT2D eigenvalue weighted by atomic mass is 9.85. The van der Waals surface area contributed by atoms with Gasteiger partial charge < -0.3 is 19.5 Å². The van der Waals surface area contributed by atoms with Crippen LogP contribution in [-0.2, 0) is 16.1 Å². The molecule has 4 unspecified atom stereocenters. The van der Waals surface area contributed by atoms with E-state index in [-0.39, 0.29) is 18.1 Å². The number of carbonyl (C=O) groups is 1. The molecule has 0 spiro atoms. The first kappa shape index (κ1) is 16.4. The van der Waals surface area contributed by atoms with E-state index in [0.29, 0.717) is 30.2 Å². The van der Waals surface area contributed by atoms with Crippen LogP contribution in [0.1, 0.15) is 56.8 Å². The van der Waals surface area contributed by atoms with Crippen LogP contribution in [0.15, 0.2) is 4.52 Å². The van der Waals surface area contributed by atoms with Gasteiger partial charge in [0.15, 0.2) is 5.82 Å². The van der Waals surface area contributed by atoms with E-state index in [2.05, 4.69) is 15.5 Å². The van der Waals surface area contributed by atoms with E-state index in [9.17, 15) is 4.79 Å². The van der Waals surface area contributed by atoms with Gasteiger partial charge in [0.05, 0.1) is 12.6 Å². The summed E-state index contributed by atoms with van der Waals surface area (Å²) in [6, 6.07) is 0.442. The number of methoxy groups -OCH3 is 1. The van der Waals surface area contributed by atoms with Gasteiger partial charge in [-0.1, -0.05) is 18.0 Å². The molecule has 1 aliphatic carbocycles. The van der Waals surface area contributed by atoms with E-state index in [0.717, 1.165) is 6.42 Å². The average molecular weight is 322 g/mol. The fourth-order valence-electron chi connectivity index (χ4n) is 3.66. The summed E-state index contributed by atoms with van der Waals surface area (Å²) in [4.78, 5) is 18.6. The summed E-state index contributed by atoms with van der Waals surface area (Å²) in [5.74, 6) is 1.71. The Morgan fingerprint density at radius 1 is 1.48 bits per heavy atom. The molecule has 3 rings (SSSR count). The monoisotopic (exact) mass is 322 g/mol. The molecule has 1 aliphatic heterocycles. The van der Waals surface area contributed by atoms with Crippen molar-refractivity contribution in [1.82, 2.24) is 20.4 Å². The first-order chi connectivity index (χ1) is 11.1. The minimum atomic E-state index is -0.215. The molecule has 1 amide bonds. The van der Waals surface area contributed by atoms with Crippen molar-refractivity contribution in [3.63, 3.8) is 0 Å². The molecule has 7 heteroatoms. The zero-order chi connectivity index (χ0) is 16.4. The lowest BCUT2D eigenvalue weighted by molar-refractivity contribution is -0.132. The van der Waals surface area contributed by atoms with E-state index in [1.807, 2.05) is 6.92 Å². The second-order valence-electron chi connectivity index (χ2n) is 6.72. The second kappa shape index (κ2) is 6.97. The number of ether oxygens (including phenoxy) is 1. The molecule has 1 aromatic heterocycles. The number of amides is 1. The highest BCUT2D eigenvalue weighted by Crippen LogP contribution is 2.33. The molecular formula is C16H26N4O3. The topological polar surface area (TPSA) is 80.5 Å². The number of aromatic nitrogens is 2. The van der Waals surface area contributed by atoms with E-state index in [4.69, 9.17) is 9.26 Å². The fourth-order valence-corrected chi connectivity index (χ4v) is 3.66. The van der Waals surface area contributed by atoms with Crippen molar-refractivity contribution in [1.29, 1.82) is 0 Å². The maximum absolute atomic E-state index is 12.6. The third kappa shape index (κ3) is 3.55. The maximum atomic E-state index is 12.6. The minimum absolute atomic E-state index is 0.0756. The molecule has 0 radical (unpaired) electrons. The van der Waals surface area contributed by atoms with Crippen molar-refractivity contribution < 1.29 is 14.1 Å². The van der Waals surface area contributed by atoms with Gasteiger partial charge in [-0.15, -0.1) is 0 Å². The number of hydrogen-bond acceptors (Lipinski definition) is 6. The smallest absolute Gasteiger partial charge is 0.246 e.